The van der Waals surface area contributed by atoms with Crippen LogP contribution in [0.1, 0.15) is 19.3 Å². The molecule has 1 aliphatic carbocycles. The van der Waals surface area contributed by atoms with Gasteiger partial charge in [-0.2, -0.15) is 0 Å². The molecule has 4 atom stereocenters. The summed E-state index contributed by atoms with van der Waals surface area (Å²) in [4.78, 5) is 0. The summed E-state index contributed by atoms with van der Waals surface area (Å²) in [6.07, 6.45) is 3.71. The minimum atomic E-state index is -0.166. The van der Waals surface area contributed by atoms with Gasteiger partial charge < -0.3 is 18.9 Å². The van der Waals surface area contributed by atoms with Crippen molar-refractivity contribution in [1.82, 2.24) is 0 Å². The maximum atomic E-state index is 5.88. The van der Waals surface area contributed by atoms with Gasteiger partial charge in [0.2, 0.25) is 0 Å². The highest BCUT2D eigenvalue weighted by molar-refractivity contribution is 4.88. The molecule has 0 radical (unpaired) electrons. The monoisotopic (exact) mass is 214 g/mol. The van der Waals surface area contributed by atoms with Crippen LogP contribution in [0.15, 0.2) is 0 Å². The summed E-state index contributed by atoms with van der Waals surface area (Å²) in [6.45, 7) is 1.53. The first kappa shape index (κ1) is 10.0. The lowest BCUT2D eigenvalue weighted by molar-refractivity contribution is -0.199. The molecule has 86 valence electrons. The van der Waals surface area contributed by atoms with Crippen molar-refractivity contribution in [2.75, 3.05) is 20.3 Å². The minimum Gasteiger partial charge on any atom is -0.376 e. The molecule has 3 rings (SSSR count). The molecule has 2 bridgehead atoms. The van der Waals surface area contributed by atoms with E-state index in [0.29, 0.717) is 6.61 Å². The van der Waals surface area contributed by atoms with Crippen LogP contribution >= 0.6 is 0 Å². The first-order valence-electron chi connectivity index (χ1n) is 5.78. The average molecular weight is 214 g/mol. The number of ether oxygens (including phenoxy) is 4. The average Bonchev–Trinajstić information content (AvgIpc) is 3.00. The number of methoxy groups -OCH3 is 1. The van der Waals surface area contributed by atoms with Crippen LogP contribution in [-0.2, 0) is 18.9 Å². The van der Waals surface area contributed by atoms with Gasteiger partial charge >= 0.3 is 0 Å². The molecule has 0 aromatic heterocycles. The Labute approximate surface area is 89.8 Å². The van der Waals surface area contributed by atoms with E-state index in [0.717, 1.165) is 18.9 Å². The summed E-state index contributed by atoms with van der Waals surface area (Å²) in [7, 11) is 1.70. The lowest BCUT2D eigenvalue weighted by atomic mass is 10.0. The van der Waals surface area contributed by atoms with Gasteiger partial charge in [0.15, 0.2) is 6.29 Å². The lowest BCUT2D eigenvalue weighted by Gasteiger charge is -2.32. The van der Waals surface area contributed by atoms with Crippen LogP contribution in [0, 0.1) is 5.92 Å². The van der Waals surface area contributed by atoms with Crippen LogP contribution in [0.4, 0.5) is 0 Å². The van der Waals surface area contributed by atoms with E-state index in [1.807, 2.05) is 0 Å². The van der Waals surface area contributed by atoms with E-state index in [2.05, 4.69) is 0 Å². The van der Waals surface area contributed by atoms with Crippen LogP contribution in [0.5, 0.6) is 0 Å². The molecule has 1 unspecified atom stereocenters. The fraction of sp³-hybridized carbons (Fsp3) is 1.00. The zero-order chi connectivity index (χ0) is 10.3. The first-order valence-corrected chi connectivity index (χ1v) is 5.78. The van der Waals surface area contributed by atoms with Gasteiger partial charge in [0, 0.05) is 20.1 Å². The van der Waals surface area contributed by atoms with E-state index >= 15 is 0 Å². The van der Waals surface area contributed by atoms with Crippen LogP contribution in [0.3, 0.4) is 0 Å². The number of hydrogen-bond acceptors (Lipinski definition) is 4. The van der Waals surface area contributed by atoms with Crippen molar-refractivity contribution >= 4 is 0 Å². The van der Waals surface area contributed by atoms with E-state index < -0.39 is 0 Å². The van der Waals surface area contributed by atoms with Gasteiger partial charge in [-0.1, -0.05) is 0 Å². The van der Waals surface area contributed by atoms with Crippen LogP contribution in [-0.4, -0.2) is 44.9 Å². The number of hydrogen-bond donors (Lipinski definition) is 0. The first-order chi connectivity index (χ1) is 7.36. The van der Waals surface area contributed by atoms with E-state index in [1.165, 1.54) is 12.8 Å². The standard InChI is InChI=1S/C11H18O4/c1-12-9-4-8(13-5-7-2-3-7)10-6-14-11(9)15-10/h7-11H,2-6H2,1H3/t8-,9+,10+,11?/m0/s1. The molecule has 3 fully saturated rings. The Morgan fingerprint density at radius 1 is 1.27 bits per heavy atom. The Hall–Kier alpha value is -0.160. The molecular weight excluding hydrogens is 196 g/mol. The maximum absolute atomic E-state index is 5.88. The molecule has 3 aliphatic rings. The van der Waals surface area contributed by atoms with E-state index in [4.69, 9.17) is 18.9 Å². The Kier molecular flexibility index (Phi) is 2.68. The summed E-state index contributed by atoms with van der Waals surface area (Å²) in [5.74, 6) is 0.797. The Morgan fingerprint density at radius 2 is 2.13 bits per heavy atom. The molecule has 2 saturated heterocycles. The third-order valence-corrected chi connectivity index (χ3v) is 3.46. The lowest BCUT2D eigenvalue weighted by Crippen LogP contribution is -2.44. The molecule has 0 N–H and O–H groups in total. The van der Waals surface area contributed by atoms with Crippen molar-refractivity contribution in [3.8, 4) is 0 Å². The summed E-state index contributed by atoms with van der Waals surface area (Å²) in [5, 5.41) is 0. The Morgan fingerprint density at radius 3 is 2.87 bits per heavy atom. The Bertz CT molecular complexity index is 229. The Balaban J connectivity index is 1.56. The molecular formula is C11H18O4. The third-order valence-electron chi connectivity index (χ3n) is 3.46. The van der Waals surface area contributed by atoms with Gasteiger partial charge in [0.25, 0.3) is 0 Å². The van der Waals surface area contributed by atoms with E-state index in [9.17, 15) is 0 Å². The quantitative estimate of drug-likeness (QED) is 0.698. The van der Waals surface area contributed by atoms with Crippen molar-refractivity contribution in [2.45, 2.75) is 43.9 Å². The van der Waals surface area contributed by atoms with Gasteiger partial charge in [-0.3, -0.25) is 0 Å². The molecule has 2 heterocycles. The van der Waals surface area contributed by atoms with Crippen molar-refractivity contribution in [3.63, 3.8) is 0 Å². The molecule has 4 heteroatoms. The molecule has 0 spiro atoms. The highest BCUT2D eigenvalue weighted by atomic mass is 16.7. The van der Waals surface area contributed by atoms with Crippen molar-refractivity contribution in [1.29, 1.82) is 0 Å². The predicted octanol–water partition coefficient (Wildman–Crippen LogP) is 0.942. The summed E-state index contributed by atoms with van der Waals surface area (Å²) < 4.78 is 22.4. The number of fused-ring (bicyclic) bond motifs is 2. The fourth-order valence-electron chi connectivity index (χ4n) is 2.25. The van der Waals surface area contributed by atoms with E-state index in [1.54, 1.807) is 7.11 Å². The summed E-state index contributed by atoms with van der Waals surface area (Å²) >= 11 is 0. The van der Waals surface area contributed by atoms with Crippen LogP contribution in [0.25, 0.3) is 0 Å². The van der Waals surface area contributed by atoms with Gasteiger partial charge in [-0.15, -0.1) is 0 Å². The smallest absolute Gasteiger partial charge is 0.184 e. The second-order valence-corrected chi connectivity index (χ2v) is 4.70. The largest absolute Gasteiger partial charge is 0.376 e. The van der Waals surface area contributed by atoms with Gasteiger partial charge in [-0.25, -0.2) is 0 Å². The SMILES string of the molecule is CO[C@@H]1C[C@H](OCC2CC2)[C@H]2COC1O2. The maximum Gasteiger partial charge on any atom is 0.184 e. The molecule has 1 saturated carbocycles. The van der Waals surface area contributed by atoms with Crippen molar-refractivity contribution < 1.29 is 18.9 Å². The van der Waals surface area contributed by atoms with Gasteiger partial charge in [0.05, 0.1) is 12.7 Å². The second-order valence-electron chi connectivity index (χ2n) is 4.70. The summed E-state index contributed by atoms with van der Waals surface area (Å²) in [5.41, 5.74) is 0. The third kappa shape index (κ3) is 2.04. The zero-order valence-electron chi connectivity index (χ0n) is 9.06. The van der Waals surface area contributed by atoms with Gasteiger partial charge in [-0.05, 0) is 18.8 Å². The molecule has 0 amide bonds. The molecule has 0 aromatic carbocycles. The zero-order valence-corrected chi connectivity index (χ0v) is 9.06. The topological polar surface area (TPSA) is 36.9 Å². The minimum absolute atomic E-state index is 0.0351. The van der Waals surface area contributed by atoms with Crippen LogP contribution in [0.2, 0.25) is 0 Å². The van der Waals surface area contributed by atoms with Gasteiger partial charge in [0.1, 0.15) is 12.2 Å². The predicted molar refractivity (Wildman–Crippen MR) is 52.5 cm³/mol. The van der Waals surface area contributed by atoms with E-state index in [-0.39, 0.29) is 24.6 Å². The molecule has 0 aromatic rings. The molecule has 2 aliphatic heterocycles. The van der Waals surface area contributed by atoms with Crippen LogP contribution < -0.4 is 0 Å². The van der Waals surface area contributed by atoms with Crippen molar-refractivity contribution in [2.24, 2.45) is 5.92 Å². The molecule has 15 heavy (non-hydrogen) atoms. The highest BCUT2D eigenvalue weighted by Crippen LogP contribution is 2.34. The number of rotatable bonds is 4. The highest BCUT2D eigenvalue weighted by Gasteiger charge is 2.45. The molecule has 4 nitrogen and oxygen atoms in total. The normalized spacial score (nSPS) is 44.6. The second kappa shape index (κ2) is 4.01. The van der Waals surface area contributed by atoms with Crippen molar-refractivity contribution in [3.05, 3.63) is 0 Å². The fourth-order valence-corrected chi connectivity index (χ4v) is 2.25. The summed E-state index contributed by atoms with van der Waals surface area (Å²) in [6, 6.07) is 0.